The Hall–Kier alpha value is -0.710. The summed E-state index contributed by atoms with van der Waals surface area (Å²) in [6.45, 7) is 9.51. The molecule has 1 aliphatic rings. The third-order valence-electron chi connectivity index (χ3n) is 4.79. The maximum absolute atomic E-state index is 13.3. The first-order valence-electron chi connectivity index (χ1n) is 8.14. The van der Waals surface area contributed by atoms with E-state index in [1.165, 1.54) is 0 Å². The predicted molar refractivity (Wildman–Crippen MR) is 89.7 cm³/mol. The molecule has 1 saturated heterocycles. The van der Waals surface area contributed by atoms with E-state index in [2.05, 4.69) is 0 Å². The molecule has 0 amide bonds. The van der Waals surface area contributed by atoms with Crippen molar-refractivity contribution in [2.75, 3.05) is 13.2 Å². The number of hydrogen-bond acceptors (Lipinski definition) is 4. The van der Waals surface area contributed by atoms with Crippen molar-refractivity contribution in [2.24, 2.45) is 0 Å². The molecule has 0 aliphatic carbocycles. The van der Waals surface area contributed by atoms with Crippen LogP contribution in [0.5, 0.6) is 0 Å². The molecule has 5 nitrogen and oxygen atoms in total. The summed E-state index contributed by atoms with van der Waals surface area (Å²) in [6.07, 6.45) is 0.435. The summed E-state index contributed by atoms with van der Waals surface area (Å²) in [4.78, 5) is 0. The molecule has 6 heteroatoms. The van der Waals surface area contributed by atoms with Crippen LogP contribution in [0, 0.1) is 0 Å². The lowest BCUT2D eigenvalue weighted by Crippen LogP contribution is -2.47. The van der Waals surface area contributed by atoms with E-state index in [1.807, 2.05) is 44.2 Å². The van der Waals surface area contributed by atoms with Crippen LogP contribution in [0.25, 0.3) is 0 Å². The second-order valence-electron chi connectivity index (χ2n) is 6.67. The van der Waals surface area contributed by atoms with Crippen LogP contribution in [0.2, 0.25) is 0 Å². The minimum atomic E-state index is -3.56. The fourth-order valence-electron chi connectivity index (χ4n) is 3.57. The first-order chi connectivity index (χ1) is 10.7. The summed E-state index contributed by atoms with van der Waals surface area (Å²) in [7, 11) is -3.56. The molecule has 2 rings (SSSR count). The highest BCUT2D eigenvalue weighted by atomic mass is 31.2. The van der Waals surface area contributed by atoms with Crippen molar-refractivity contribution < 1.29 is 18.8 Å². The molecule has 0 spiro atoms. The van der Waals surface area contributed by atoms with E-state index in [4.69, 9.17) is 9.05 Å². The Balaban J connectivity index is 2.46. The Kier molecular flexibility index (Phi) is 5.39. The van der Waals surface area contributed by atoms with Crippen LogP contribution < -0.4 is 0 Å². The van der Waals surface area contributed by atoms with Gasteiger partial charge >= 0.3 is 7.60 Å². The van der Waals surface area contributed by atoms with Gasteiger partial charge in [0.25, 0.3) is 0 Å². The highest BCUT2D eigenvalue weighted by Gasteiger charge is 2.64. The minimum absolute atomic E-state index is 0.0413. The van der Waals surface area contributed by atoms with Gasteiger partial charge in [-0.3, -0.25) is 4.57 Å². The van der Waals surface area contributed by atoms with Gasteiger partial charge in [-0.2, -0.15) is 0 Å². The fraction of sp³-hybridized carbons (Fsp3) is 0.647. The van der Waals surface area contributed by atoms with E-state index in [1.54, 1.807) is 20.8 Å². The summed E-state index contributed by atoms with van der Waals surface area (Å²) in [5.41, 5.74) is 0.376. The van der Waals surface area contributed by atoms with Crippen LogP contribution in [-0.2, 0) is 18.8 Å². The zero-order valence-corrected chi connectivity index (χ0v) is 15.5. The van der Waals surface area contributed by atoms with Crippen LogP contribution in [0.4, 0.5) is 0 Å². The molecule has 0 N–H and O–H groups in total. The van der Waals surface area contributed by atoms with Gasteiger partial charge in [-0.1, -0.05) is 30.3 Å². The molecule has 2 atom stereocenters. The Morgan fingerprint density at radius 1 is 1.13 bits per heavy atom. The molecule has 129 valence electrons. The van der Waals surface area contributed by atoms with E-state index in [9.17, 15) is 9.77 Å². The van der Waals surface area contributed by atoms with Crippen LogP contribution in [-0.4, -0.2) is 29.1 Å². The average molecular weight is 340 g/mol. The molecule has 0 unspecified atom stereocenters. The third kappa shape index (κ3) is 3.01. The second kappa shape index (κ2) is 6.66. The van der Waals surface area contributed by atoms with Gasteiger partial charge in [0.05, 0.1) is 18.8 Å². The summed E-state index contributed by atoms with van der Waals surface area (Å²) < 4.78 is 24.3. The average Bonchev–Trinajstić information content (AvgIpc) is 2.70. The van der Waals surface area contributed by atoms with Crippen molar-refractivity contribution >= 4 is 7.60 Å². The Bertz CT molecular complexity index is 567. The van der Waals surface area contributed by atoms with Gasteiger partial charge in [0.1, 0.15) is 5.28 Å². The van der Waals surface area contributed by atoms with Crippen molar-refractivity contribution in [1.29, 1.82) is 0 Å². The Labute approximate surface area is 139 Å². The van der Waals surface area contributed by atoms with E-state index >= 15 is 0 Å². The molecule has 23 heavy (non-hydrogen) atoms. The molecular formula is C17H27NO4P. The molecule has 0 saturated carbocycles. The number of benzene rings is 1. The summed E-state index contributed by atoms with van der Waals surface area (Å²) >= 11 is 0. The van der Waals surface area contributed by atoms with Gasteiger partial charge < -0.3 is 9.05 Å². The highest BCUT2D eigenvalue weighted by molar-refractivity contribution is 7.55. The lowest BCUT2D eigenvalue weighted by atomic mass is 9.83. The molecular weight excluding hydrogens is 313 g/mol. The Morgan fingerprint density at radius 2 is 1.65 bits per heavy atom. The summed E-state index contributed by atoms with van der Waals surface area (Å²) in [6, 6.07) is 9.89. The number of rotatable bonds is 6. The Morgan fingerprint density at radius 3 is 2.13 bits per heavy atom. The summed E-state index contributed by atoms with van der Waals surface area (Å²) in [5.74, 6) is -0.0413. The quantitative estimate of drug-likeness (QED) is 0.711. The number of hydrogen-bond donors (Lipinski definition) is 0. The monoisotopic (exact) mass is 340 g/mol. The maximum Gasteiger partial charge on any atom is 0.352 e. The van der Waals surface area contributed by atoms with Crippen LogP contribution in [0.3, 0.4) is 0 Å². The van der Waals surface area contributed by atoms with E-state index in [0.717, 1.165) is 10.6 Å². The van der Waals surface area contributed by atoms with Crippen LogP contribution >= 0.6 is 7.60 Å². The molecule has 1 fully saturated rings. The first-order valence-corrected chi connectivity index (χ1v) is 9.69. The third-order valence-corrected chi connectivity index (χ3v) is 7.54. The topological polar surface area (TPSA) is 58.7 Å². The molecule has 1 aromatic rings. The normalized spacial score (nSPS) is 28.2. The van der Waals surface area contributed by atoms with Gasteiger partial charge in [0.15, 0.2) is 0 Å². The predicted octanol–water partition coefficient (Wildman–Crippen LogP) is 4.58. The van der Waals surface area contributed by atoms with Crippen molar-refractivity contribution in [2.45, 2.75) is 57.8 Å². The highest BCUT2D eigenvalue weighted by Crippen LogP contribution is 2.69. The van der Waals surface area contributed by atoms with Crippen LogP contribution in [0.1, 0.15) is 52.5 Å². The molecule has 1 aliphatic heterocycles. The summed E-state index contributed by atoms with van der Waals surface area (Å²) in [5, 5.41) is 12.9. The SMILES string of the molecule is CCOP(=O)(OCC)[C@]1(C)C[C@@H](c2ccccc2)C(C)(C)N1[O]. The fourth-order valence-corrected chi connectivity index (χ4v) is 5.77. The van der Waals surface area contributed by atoms with Gasteiger partial charge in [-0.05, 0) is 46.6 Å². The van der Waals surface area contributed by atoms with E-state index < -0.39 is 18.4 Å². The molecule has 0 bridgehead atoms. The van der Waals surface area contributed by atoms with Crippen LogP contribution in [0.15, 0.2) is 30.3 Å². The number of nitrogens with zero attached hydrogens (tertiary/aromatic N) is 1. The second-order valence-corrected chi connectivity index (χ2v) is 9.14. The molecule has 1 heterocycles. The van der Waals surface area contributed by atoms with Gasteiger partial charge in [0.2, 0.25) is 0 Å². The van der Waals surface area contributed by atoms with E-state index in [0.29, 0.717) is 6.42 Å². The van der Waals surface area contributed by atoms with Crippen molar-refractivity contribution in [1.82, 2.24) is 5.06 Å². The van der Waals surface area contributed by atoms with Gasteiger partial charge in [-0.25, -0.2) is 0 Å². The zero-order valence-electron chi connectivity index (χ0n) is 14.6. The van der Waals surface area contributed by atoms with Crippen molar-refractivity contribution in [3.05, 3.63) is 35.9 Å². The van der Waals surface area contributed by atoms with E-state index in [-0.39, 0.29) is 19.1 Å². The van der Waals surface area contributed by atoms with Gasteiger partial charge in [0, 0.05) is 5.92 Å². The minimum Gasteiger partial charge on any atom is -0.308 e. The molecule has 1 radical (unpaired) electrons. The molecule has 1 aromatic carbocycles. The standard InChI is InChI=1S/C17H27NO4P/c1-6-21-23(20,22-7-2)17(5)13-15(16(3,4)18(17)19)14-11-9-8-10-12-14/h8-12,15H,6-7,13H2,1-5H3/t15-,17+/m0/s1. The van der Waals surface area contributed by atoms with Crippen molar-refractivity contribution in [3.63, 3.8) is 0 Å². The number of hydroxylamine groups is 2. The molecule has 0 aromatic heterocycles. The van der Waals surface area contributed by atoms with Crippen molar-refractivity contribution in [3.8, 4) is 0 Å². The van der Waals surface area contributed by atoms with Gasteiger partial charge in [-0.15, -0.1) is 10.3 Å². The maximum atomic E-state index is 13.3. The first kappa shape index (κ1) is 18.6. The lowest BCUT2D eigenvalue weighted by Gasteiger charge is -2.38. The zero-order chi connectivity index (χ0) is 17.3. The lowest BCUT2D eigenvalue weighted by molar-refractivity contribution is -0.234. The largest absolute Gasteiger partial charge is 0.352 e. The smallest absolute Gasteiger partial charge is 0.308 e.